The molecule has 3 heterocycles. The monoisotopic (exact) mass is 508 g/mol. The van der Waals surface area contributed by atoms with Gasteiger partial charge in [0.2, 0.25) is 10.0 Å². The second-order valence-corrected chi connectivity index (χ2v) is 12.3. The van der Waals surface area contributed by atoms with Crippen LogP contribution in [-0.4, -0.2) is 67.0 Å². The van der Waals surface area contributed by atoms with Crippen LogP contribution < -0.4 is 5.73 Å². The number of carbonyl (C=O) groups is 1. The van der Waals surface area contributed by atoms with Crippen molar-refractivity contribution in [3.63, 3.8) is 0 Å². The van der Waals surface area contributed by atoms with E-state index >= 15 is 0 Å². The molecule has 0 spiro atoms. The van der Waals surface area contributed by atoms with Crippen molar-refractivity contribution in [2.24, 2.45) is 5.73 Å². The summed E-state index contributed by atoms with van der Waals surface area (Å²) in [6.45, 7) is 4.13. The molecule has 8 heteroatoms. The summed E-state index contributed by atoms with van der Waals surface area (Å²) in [5.41, 5.74) is 10.1. The number of rotatable bonds is 8. The zero-order chi connectivity index (χ0) is 25.1. The fraction of sp³-hybridized carbons (Fsp3) is 0.464. The topological polar surface area (TPSA) is 99.5 Å². The molecular formula is C28H36N4O3S. The van der Waals surface area contributed by atoms with E-state index in [1.807, 2.05) is 42.6 Å². The van der Waals surface area contributed by atoms with Crippen LogP contribution in [0.3, 0.4) is 0 Å². The number of carbonyl (C=O) groups excluding carboxylic acids is 1. The van der Waals surface area contributed by atoms with Gasteiger partial charge in [-0.15, -0.1) is 0 Å². The Bertz CT molecular complexity index is 1310. The van der Waals surface area contributed by atoms with Crippen molar-refractivity contribution < 1.29 is 13.2 Å². The van der Waals surface area contributed by atoms with Gasteiger partial charge in [-0.1, -0.05) is 36.8 Å². The summed E-state index contributed by atoms with van der Waals surface area (Å²) in [5, 5.41) is 0.994. The van der Waals surface area contributed by atoms with Crippen LogP contribution in [-0.2, 0) is 10.0 Å². The SMILES string of the molecule is NC(=O)c1cc(-c2ccccc2)cc2c(C3CCN(S(=O)(=O)CCCN4CCCCC4)CC3)c[nH]c12. The van der Waals surface area contributed by atoms with Gasteiger partial charge in [-0.3, -0.25) is 4.79 Å². The summed E-state index contributed by atoms with van der Waals surface area (Å²) in [6.07, 6.45) is 7.93. The molecule has 0 atom stereocenters. The van der Waals surface area contributed by atoms with Crippen molar-refractivity contribution in [1.82, 2.24) is 14.2 Å². The van der Waals surface area contributed by atoms with Crippen molar-refractivity contribution in [3.05, 3.63) is 59.8 Å². The van der Waals surface area contributed by atoms with Gasteiger partial charge in [-0.05, 0) is 86.5 Å². The number of hydrogen-bond donors (Lipinski definition) is 2. The third kappa shape index (κ3) is 5.36. The number of hydrogen-bond acceptors (Lipinski definition) is 4. The molecule has 0 saturated carbocycles. The average Bonchev–Trinajstić information content (AvgIpc) is 3.33. The van der Waals surface area contributed by atoms with Crippen LogP contribution in [0.2, 0.25) is 0 Å². The molecule has 0 bridgehead atoms. The quantitative estimate of drug-likeness (QED) is 0.473. The third-order valence-electron chi connectivity index (χ3n) is 7.81. The number of nitrogens with two attached hydrogens (primary N) is 1. The van der Waals surface area contributed by atoms with Crippen molar-refractivity contribution in [2.75, 3.05) is 38.5 Å². The molecule has 3 N–H and O–H groups in total. The van der Waals surface area contributed by atoms with Gasteiger partial charge in [-0.25, -0.2) is 12.7 Å². The van der Waals surface area contributed by atoms with Crippen LogP contribution >= 0.6 is 0 Å². The minimum Gasteiger partial charge on any atom is -0.366 e. The van der Waals surface area contributed by atoms with Crippen LogP contribution in [0.5, 0.6) is 0 Å². The van der Waals surface area contributed by atoms with Crippen molar-refractivity contribution in [1.29, 1.82) is 0 Å². The van der Waals surface area contributed by atoms with E-state index in [1.54, 1.807) is 4.31 Å². The summed E-state index contributed by atoms with van der Waals surface area (Å²) >= 11 is 0. The van der Waals surface area contributed by atoms with Gasteiger partial charge in [0.25, 0.3) is 5.91 Å². The van der Waals surface area contributed by atoms with Crippen LogP contribution in [0.25, 0.3) is 22.0 Å². The number of benzene rings is 2. The van der Waals surface area contributed by atoms with Crippen LogP contribution in [0, 0.1) is 0 Å². The van der Waals surface area contributed by atoms with Gasteiger partial charge >= 0.3 is 0 Å². The van der Waals surface area contributed by atoms with E-state index in [2.05, 4.69) is 16.0 Å². The first-order valence-corrected chi connectivity index (χ1v) is 14.7. The minimum atomic E-state index is -3.24. The Morgan fingerprint density at radius 1 is 0.972 bits per heavy atom. The summed E-state index contributed by atoms with van der Waals surface area (Å²) in [4.78, 5) is 17.9. The molecule has 1 amide bonds. The Kier molecular flexibility index (Phi) is 7.46. The molecule has 5 rings (SSSR count). The smallest absolute Gasteiger partial charge is 0.250 e. The van der Waals surface area contributed by atoms with Gasteiger partial charge in [-0.2, -0.15) is 0 Å². The lowest BCUT2D eigenvalue weighted by Gasteiger charge is -2.32. The van der Waals surface area contributed by atoms with E-state index in [0.717, 1.165) is 60.1 Å². The maximum Gasteiger partial charge on any atom is 0.250 e. The Hall–Kier alpha value is -2.68. The molecule has 3 aromatic rings. The third-order valence-corrected chi connectivity index (χ3v) is 9.76. The Balaban J connectivity index is 1.29. The van der Waals surface area contributed by atoms with Crippen molar-refractivity contribution >= 4 is 26.8 Å². The summed E-state index contributed by atoms with van der Waals surface area (Å²) in [5.74, 6) is -0.00846. The standard InChI is InChI=1S/C28H36N4O3S/c29-28(33)25-19-23(21-8-3-1-4-9-21)18-24-26(20-30-27(24)25)22-10-15-32(16-11-22)36(34,35)17-7-14-31-12-5-2-6-13-31/h1,3-4,8-9,18-20,22,30H,2,5-7,10-17H2,(H2,29,33). The largest absolute Gasteiger partial charge is 0.366 e. The molecule has 2 aromatic carbocycles. The first-order valence-electron chi connectivity index (χ1n) is 13.1. The van der Waals surface area contributed by atoms with E-state index in [0.29, 0.717) is 25.1 Å². The number of fused-ring (bicyclic) bond motifs is 1. The maximum absolute atomic E-state index is 13.0. The van der Waals surface area contributed by atoms with E-state index in [-0.39, 0.29) is 11.7 Å². The summed E-state index contributed by atoms with van der Waals surface area (Å²) < 4.78 is 27.7. The van der Waals surface area contributed by atoms with E-state index < -0.39 is 15.9 Å². The number of sulfonamides is 1. The number of likely N-dealkylation sites (tertiary alicyclic amines) is 1. The van der Waals surface area contributed by atoms with Gasteiger partial charge in [0.15, 0.2) is 0 Å². The highest BCUT2D eigenvalue weighted by Crippen LogP contribution is 2.37. The molecule has 2 aliphatic heterocycles. The minimum absolute atomic E-state index is 0.226. The lowest BCUT2D eigenvalue weighted by atomic mass is 9.88. The lowest BCUT2D eigenvalue weighted by molar-refractivity contribution is 0.100. The van der Waals surface area contributed by atoms with E-state index in [9.17, 15) is 13.2 Å². The fourth-order valence-corrected chi connectivity index (χ4v) is 7.33. The molecule has 0 unspecified atom stereocenters. The van der Waals surface area contributed by atoms with Gasteiger partial charge in [0.05, 0.1) is 16.8 Å². The number of amides is 1. The van der Waals surface area contributed by atoms with Crippen LogP contribution in [0.1, 0.15) is 60.4 Å². The first-order chi connectivity index (χ1) is 17.4. The number of H-pyrrole nitrogens is 1. The predicted molar refractivity (Wildman–Crippen MR) is 144 cm³/mol. The van der Waals surface area contributed by atoms with Crippen LogP contribution in [0.4, 0.5) is 0 Å². The molecule has 0 aliphatic carbocycles. The number of nitrogens with one attached hydrogen (secondary N) is 1. The number of primary amides is 1. The molecular weight excluding hydrogens is 472 g/mol. The number of aromatic amines is 1. The molecule has 1 aromatic heterocycles. The number of nitrogens with zero attached hydrogens (tertiary/aromatic N) is 2. The molecule has 2 aliphatic rings. The molecule has 0 radical (unpaired) electrons. The zero-order valence-electron chi connectivity index (χ0n) is 20.8. The van der Waals surface area contributed by atoms with Crippen molar-refractivity contribution in [3.8, 4) is 11.1 Å². The Morgan fingerprint density at radius 3 is 2.39 bits per heavy atom. The van der Waals surface area contributed by atoms with Gasteiger partial charge in [0, 0.05) is 24.7 Å². The second kappa shape index (κ2) is 10.7. The Labute approximate surface area is 213 Å². The van der Waals surface area contributed by atoms with E-state index in [1.165, 1.54) is 19.3 Å². The molecule has 192 valence electrons. The highest BCUT2D eigenvalue weighted by Gasteiger charge is 2.30. The Morgan fingerprint density at radius 2 is 1.69 bits per heavy atom. The normalized spacial score (nSPS) is 18.6. The molecule has 36 heavy (non-hydrogen) atoms. The fourth-order valence-electron chi connectivity index (χ4n) is 5.81. The molecule has 7 nitrogen and oxygen atoms in total. The summed E-state index contributed by atoms with van der Waals surface area (Å²) in [6, 6.07) is 13.9. The van der Waals surface area contributed by atoms with Crippen LogP contribution in [0.15, 0.2) is 48.7 Å². The van der Waals surface area contributed by atoms with Gasteiger partial charge in [0.1, 0.15) is 0 Å². The average molecular weight is 509 g/mol. The first kappa shape index (κ1) is 25.0. The predicted octanol–water partition coefficient (Wildman–Crippen LogP) is 4.32. The maximum atomic E-state index is 13.0. The zero-order valence-corrected chi connectivity index (χ0v) is 21.6. The molecule has 2 fully saturated rings. The number of aromatic nitrogens is 1. The lowest BCUT2D eigenvalue weighted by Crippen LogP contribution is -2.40. The second-order valence-electron chi connectivity index (χ2n) is 10.2. The number of piperidine rings is 2. The highest BCUT2D eigenvalue weighted by atomic mass is 32.2. The van der Waals surface area contributed by atoms with Gasteiger partial charge < -0.3 is 15.6 Å². The van der Waals surface area contributed by atoms with Crippen molar-refractivity contribution in [2.45, 2.75) is 44.4 Å². The van der Waals surface area contributed by atoms with E-state index in [4.69, 9.17) is 5.73 Å². The highest BCUT2D eigenvalue weighted by molar-refractivity contribution is 7.89. The summed E-state index contributed by atoms with van der Waals surface area (Å²) in [7, 11) is -3.24. The molecule has 2 saturated heterocycles.